The first-order chi connectivity index (χ1) is 30.5. The van der Waals surface area contributed by atoms with Crippen LogP contribution in [0.15, 0.2) is 60.8 Å². The summed E-state index contributed by atoms with van der Waals surface area (Å²) in [6, 6.07) is -0.741. The van der Waals surface area contributed by atoms with Crippen molar-refractivity contribution >= 4 is 11.9 Å². The van der Waals surface area contributed by atoms with Crippen molar-refractivity contribution in [1.82, 2.24) is 5.32 Å². The van der Waals surface area contributed by atoms with Gasteiger partial charge in [-0.15, -0.1) is 0 Å². The van der Waals surface area contributed by atoms with Crippen LogP contribution in [0.1, 0.15) is 258 Å². The first-order valence-electron chi connectivity index (χ1n) is 26.5. The third-order valence-electron chi connectivity index (χ3n) is 11.9. The van der Waals surface area contributed by atoms with Gasteiger partial charge in [0.25, 0.3) is 0 Å². The molecule has 0 spiro atoms. The number of allylic oxidation sites excluding steroid dienone is 9. The molecular weight excluding hydrogens is 767 g/mol. The van der Waals surface area contributed by atoms with Crippen molar-refractivity contribution in [3.63, 3.8) is 0 Å². The Bertz CT molecular complexity index is 1110. The van der Waals surface area contributed by atoms with Crippen molar-refractivity contribution in [2.75, 3.05) is 6.61 Å². The van der Waals surface area contributed by atoms with E-state index in [1.54, 1.807) is 6.08 Å². The van der Waals surface area contributed by atoms with Gasteiger partial charge >= 0.3 is 5.97 Å². The van der Waals surface area contributed by atoms with Crippen LogP contribution in [-0.4, -0.2) is 46.9 Å². The van der Waals surface area contributed by atoms with Crippen LogP contribution in [0.4, 0.5) is 0 Å². The van der Waals surface area contributed by atoms with E-state index in [0.717, 1.165) is 64.2 Å². The minimum absolute atomic E-state index is 0.0443. The van der Waals surface area contributed by atoms with Gasteiger partial charge in [-0.05, 0) is 51.0 Å². The van der Waals surface area contributed by atoms with E-state index in [0.29, 0.717) is 19.3 Å². The molecule has 0 aliphatic heterocycles. The monoisotopic (exact) mass is 868 g/mol. The number of carbonyl (C=O) groups excluding carboxylic acids is 2. The Hall–Kier alpha value is -2.44. The number of rotatable bonds is 47. The molecular formula is C56H101NO5. The molecule has 0 radical (unpaired) electrons. The van der Waals surface area contributed by atoms with E-state index in [1.165, 1.54) is 148 Å². The number of ether oxygens (including phenoxy) is 1. The van der Waals surface area contributed by atoms with Gasteiger partial charge < -0.3 is 20.3 Å². The molecule has 0 aromatic carbocycles. The minimum atomic E-state index is -0.818. The van der Waals surface area contributed by atoms with Gasteiger partial charge in [0.05, 0.1) is 25.2 Å². The molecule has 0 rings (SSSR count). The van der Waals surface area contributed by atoms with Crippen LogP contribution in [0.25, 0.3) is 0 Å². The quantitative estimate of drug-likeness (QED) is 0.0322. The first-order valence-corrected chi connectivity index (χ1v) is 26.5. The highest BCUT2D eigenvalue weighted by Crippen LogP contribution is 2.17. The number of esters is 1. The molecule has 0 saturated carbocycles. The maximum Gasteiger partial charge on any atom is 0.306 e. The van der Waals surface area contributed by atoms with E-state index in [9.17, 15) is 19.8 Å². The Labute approximate surface area is 384 Å². The molecule has 0 aliphatic carbocycles. The number of hydrogen-bond acceptors (Lipinski definition) is 5. The topological polar surface area (TPSA) is 95.9 Å². The summed E-state index contributed by atoms with van der Waals surface area (Å²) in [7, 11) is 0. The summed E-state index contributed by atoms with van der Waals surface area (Å²) in [6.45, 7) is 6.35. The molecule has 0 heterocycles. The van der Waals surface area contributed by atoms with Gasteiger partial charge in [0.2, 0.25) is 5.91 Å². The van der Waals surface area contributed by atoms with Crippen molar-refractivity contribution in [1.29, 1.82) is 0 Å². The van der Waals surface area contributed by atoms with Crippen molar-refractivity contribution in [3.05, 3.63) is 60.8 Å². The predicted molar refractivity (Wildman–Crippen MR) is 268 cm³/mol. The molecule has 6 heteroatoms. The molecule has 360 valence electrons. The molecule has 0 aromatic rings. The summed E-state index contributed by atoms with van der Waals surface area (Å²) >= 11 is 0. The smallest absolute Gasteiger partial charge is 0.306 e. The second kappa shape index (κ2) is 49.6. The molecule has 0 bridgehead atoms. The zero-order chi connectivity index (χ0) is 45.2. The van der Waals surface area contributed by atoms with E-state index < -0.39 is 18.2 Å². The zero-order valence-electron chi connectivity index (χ0n) is 41.0. The summed E-state index contributed by atoms with van der Waals surface area (Å²) in [5, 5.41) is 23.7. The second-order valence-corrected chi connectivity index (χ2v) is 17.9. The maximum atomic E-state index is 13.2. The van der Waals surface area contributed by atoms with Gasteiger partial charge in [-0.25, -0.2) is 0 Å². The standard InChI is InChI=1S/C56H101NO5/c1-4-7-10-13-16-19-22-25-28-31-34-37-40-43-46-49-56(61)62-52(47-44-41-38-35-32-29-26-23-20-17-14-11-8-5-2)50-55(60)57-53(51-58)54(59)48-45-42-39-36-33-30-27-24-21-18-15-12-9-6-3/h8,11,17,20,26,29,35,38,44,47,52-54,58-59H,4-7,9-10,12-16,18-19,21-25,27-28,30-34,36-37,39-43,45-46,48-51H2,1-3H3,(H,57,60)/b11-8+,20-17+,29-26+,38-35+,47-44+. The molecule has 3 N–H and O–H groups in total. The Balaban J connectivity index is 4.68. The van der Waals surface area contributed by atoms with E-state index in [2.05, 4.69) is 74.7 Å². The molecule has 0 fully saturated rings. The number of aliphatic hydroxyl groups is 2. The molecule has 0 saturated heterocycles. The average Bonchev–Trinajstić information content (AvgIpc) is 3.26. The van der Waals surface area contributed by atoms with Crippen molar-refractivity contribution in [2.24, 2.45) is 0 Å². The summed E-state index contributed by atoms with van der Waals surface area (Å²) in [5.41, 5.74) is 0. The second-order valence-electron chi connectivity index (χ2n) is 17.9. The summed E-state index contributed by atoms with van der Waals surface area (Å²) < 4.78 is 5.83. The fourth-order valence-corrected chi connectivity index (χ4v) is 7.86. The normalized spacial score (nSPS) is 13.7. The molecule has 3 atom stereocenters. The highest BCUT2D eigenvalue weighted by Gasteiger charge is 2.23. The number of amides is 1. The third-order valence-corrected chi connectivity index (χ3v) is 11.9. The lowest BCUT2D eigenvalue weighted by molar-refractivity contribution is -0.148. The Morgan fingerprint density at radius 3 is 1.23 bits per heavy atom. The number of unbranched alkanes of at least 4 members (excludes halogenated alkanes) is 27. The average molecular weight is 868 g/mol. The predicted octanol–water partition coefficient (Wildman–Crippen LogP) is 16.0. The molecule has 6 nitrogen and oxygen atoms in total. The highest BCUT2D eigenvalue weighted by molar-refractivity contribution is 5.78. The van der Waals surface area contributed by atoms with Gasteiger partial charge in [-0.2, -0.15) is 0 Å². The van der Waals surface area contributed by atoms with E-state index >= 15 is 0 Å². The van der Waals surface area contributed by atoms with E-state index in [4.69, 9.17) is 4.74 Å². The molecule has 3 unspecified atom stereocenters. The minimum Gasteiger partial charge on any atom is -0.458 e. The van der Waals surface area contributed by atoms with Gasteiger partial charge in [0.15, 0.2) is 0 Å². The number of hydrogen-bond donors (Lipinski definition) is 3. The van der Waals surface area contributed by atoms with Gasteiger partial charge in [0.1, 0.15) is 6.10 Å². The zero-order valence-corrected chi connectivity index (χ0v) is 41.0. The fourth-order valence-electron chi connectivity index (χ4n) is 7.86. The van der Waals surface area contributed by atoms with Crippen LogP contribution in [-0.2, 0) is 14.3 Å². The highest BCUT2D eigenvalue weighted by atomic mass is 16.5. The van der Waals surface area contributed by atoms with Gasteiger partial charge in [-0.1, -0.05) is 255 Å². The number of aliphatic hydroxyl groups excluding tert-OH is 2. The lowest BCUT2D eigenvalue weighted by atomic mass is 10.0. The lowest BCUT2D eigenvalue weighted by Gasteiger charge is -2.23. The van der Waals surface area contributed by atoms with Crippen LogP contribution < -0.4 is 5.32 Å². The summed E-state index contributed by atoms with van der Waals surface area (Å²) in [5.74, 6) is -0.621. The van der Waals surface area contributed by atoms with E-state index in [1.807, 2.05) is 6.08 Å². The van der Waals surface area contributed by atoms with Crippen molar-refractivity contribution in [2.45, 2.75) is 277 Å². The van der Waals surface area contributed by atoms with Crippen LogP contribution in [0.3, 0.4) is 0 Å². The Morgan fingerprint density at radius 1 is 0.484 bits per heavy atom. The van der Waals surface area contributed by atoms with Crippen LogP contribution in [0.5, 0.6) is 0 Å². The molecule has 0 aliphatic rings. The van der Waals surface area contributed by atoms with Gasteiger partial charge in [-0.3, -0.25) is 9.59 Å². The first kappa shape index (κ1) is 59.6. The van der Waals surface area contributed by atoms with Crippen molar-refractivity contribution < 1.29 is 24.5 Å². The third kappa shape index (κ3) is 44.2. The number of carbonyl (C=O) groups is 2. The largest absolute Gasteiger partial charge is 0.458 e. The summed E-state index contributed by atoms with van der Waals surface area (Å²) in [4.78, 5) is 26.1. The summed E-state index contributed by atoms with van der Waals surface area (Å²) in [6.07, 6.45) is 61.7. The maximum absolute atomic E-state index is 13.2. The lowest BCUT2D eigenvalue weighted by Crippen LogP contribution is -2.46. The van der Waals surface area contributed by atoms with Crippen LogP contribution in [0, 0.1) is 0 Å². The van der Waals surface area contributed by atoms with E-state index in [-0.39, 0.29) is 24.9 Å². The van der Waals surface area contributed by atoms with Crippen molar-refractivity contribution in [3.8, 4) is 0 Å². The molecule has 62 heavy (non-hydrogen) atoms. The van der Waals surface area contributed by atoms with Crippen LogP contribution in [0.2, 0.25) is 0 Å². The molecule has 1 amide bonds. The van der Waals surface area contributed by atoms with Crippen LogP contribution >= 0.6 is 0 Å². The SMILES string of the molecule is CC/C=C/C/C=C/C/C=C/C/C=C/C/C=C/C(CC(=O)NC(CO)C(O)CCCCCCCCCCCCCCCC)OC(=O)CCCCCCCCCCCCCCCCC. The number of nitrogens with one attached hydrogen (secondary N) is 1. The Kier molecular flexibility index (Phi) is 47.6. The molecule has 0 aromatic heterocycles. The Morgan fingerprint density at radius 2 is 0.839 bits per heavy atom. The fraction of sp³-hybridized carbons (Fsp3) is 0.786. The van der Waals surface area contributed by atoms with Gasteiger partial charge in [0, 0.05) is 6.42 Å².